The molecular formula is C15H18N2O3. The molecule has 106 valence electrons. The number of benzene rings is 1. The monoisotopic (exact) mass is 274 g/mol. The van der Waals surface area contributed by atoms with Gasteiger partial charge in [0.05, 0.1) is 5.56 Å². The van der Waals surface area contributed by atoms with E-state index in [4.69, 9.17) is 13.9 Å². The van der Waals surface area contributed by atoms with Gasteiger partial charge in [-0.25, -0.2) is 4.98 Å². The van der Waals surface area contributed by atoms with Gasteiger partial charge in [-0.1, -0.05) is 13.0 Å². The van der Waals surface area contributed by atoms with Gasteiger partial charge >= 0.3 is 0 Å². The second-order valence-corrected chi connectivity index (χ2v) is 4.63. The second kappa shape index (κ2) is 5.96. The Labute approximate surface area is 117 Å². The molecule has 0 aliphatic carbocycles. The molecule has 1 aliphatic rings. The molecule has 5 nitrogen and oxygen atoms in total. The summed E-state index contributed by atoms with van der Waals surface area (Å²) >= 11 is 0. The van der Waals surface area contributed by atoms with Gasteiger partial charge in [-0.05, 0) is 25.1 Å². The van der Waals surface area contributed by atoms with Crippen LogP contribution in [0.2, 0.25) is 0 Å². The van der Waals surface area contributed by atoms with Crippen LogP contribution in [0, 0.1) is 0 Å². The molecule has 2 heterocycles. The van der Waals surface area contributed by atoms with Crippen LogP contribution in [0.3, 0.4) is 0 Å². The molecule has 0 radical (unpaired) electrons. The first-order valence-electron chi connectivity index (χ1n) is 6.92. The number of ether oxygens (including phenoxy) is 2. The third-order valence-corrected chi connectivity index (χ3v) is 3.17. The molecule has 1 aromatic carbocycles. The van der Waals surface area contributed by atoms with E-state index in [1.54, 1.807) is 0 Å². The average Bonchev–Trinajstić information content (AvgIpc) is 2.95. The van der Waals surface area contributed by atoms with E-state index in [1.165, 1.54) is 6.39 Å². The van der Waals surface area contributed by atoms with Crippen molar-refractivity contribution in [3.63, 3.8) is 0 Å². The number of nitrogens with zero attached hydrogens (tertiary/aromatic N) is 1. The van der Waals surface area contributed by atoms with Gasteiger partial charge < -0.3 is 19.2 Å². The van der Waals surface area contributed by atoms with Crippen molar-refractivity contribution in [3.05, 3.63) is 30.3 Å². The molecule has 3 rings (SSSR count). The van der Waals surface area contributed by atoms with Gasteiger partial charge in [-0.3, -0.25) is 0 Å². The van der Waals surface area contributed by atoms with Gasteiger partial charge in [0.25, 0.3) is 0 Å². The number of nitrogens with one attached hydrogen (secondary N) is 1. The Morgan fingerprint density at radius 1 is 1.25 bits per heavy atom. The number of hydrogen-bond donors (Lipinski definition) is 1. The van der Waals surface area contributed by atoms with Crippen molar-refractivity contribution < 1.29 is 13.9 Å². The maximum atomic E-state index is 5.73. The summed E-state index contributed by atoms with van der Waals surface area (Å²) in [7, 11) is 0. The van der Waals surface area contributed by atoms with Crippen LogP contribution in [0.1, 0.15) is 19.0 Å². The summed E-state index contributed by atoms with van der Waals surface area (Å²) in [5, 5.41) is 3.33. The summed E-state index contributed by atoms with van der Waals surface area (Å²) in [5.74, 6) is 2.25. The van der Waals surface area contributed by atoms with E-state index in [0.717, 1.165) is 41.5 Å². The first kappa shape index (κ1) is 13.0. The third kappa shape index (κ3) is 2.49. The summed E-state index contributed by atoms with van der Waals surface area (Å²) in [4.78, 5) is 4.29. The zero-order valence-electron chi connectivity index (χ0n) is 11.5. The molecule has 5 heteroatoms. The van der Waals surface area contributed by atoms with Crippen molar-refractivity contribution in [1.82, 2.24) is 10.3 Å². The van der Waals surface area contributed by atoms with Crippen molar-refractivity contribution >= 4 is 0 Å². The lowest BCUT2D eigenvalue weighted by Gasteiger charge is -2.20. The molecule has 1 N–H and O–H groups in total. The fraction of sp³-hybridized carbons (Fsp3) is 0.400. The SMILES string of the molecule is CCCNCc1ncoc1-c1cccc2c1OCCO2. The van der Waals surface area contributed by atoms with Crippen LogP contribution in [0.5, 0.6) is 11.5 Å². The predicted molar refractivity (Wildman–Crippen MR) is 74.9 cm³/mol. The van der Waals surface area contributed by atoms with E-state index in [0.29, 0.717) is 19.8 Å². The van der Waals surface area contributed by atoms with Crippen LogP contribution in [-0.2, 0) is 6.54 Å². The minimum atomic E-state index is 0.557. The Morgan fingerprint density at radius 2 is 2.15 bits per heavy atom. The zero-order valence-corrected chi connectivity index (χ0v) is 11.5. The number of rotatable bonds is 5. The maximum Gasteiger partial charge on any atom is 0.181 e. The van der Waals surface area contributed by atoms with Crippen LogP contribution in [0.25, 0.3) is 11.3 Å². The van der Waals surface area contributed by atoms with E-state index in [9.17, 15) is 0 Å². The van der Waals surface area contributed by atoms with Gasteiger partial charge in [-0.15, -0.1) is 0 Å². The molecule has 0 amide bonds. The third-order valence-electron chi connectivity index (χ3n) is 3.17. The highest BCUT2D eigenvalue weighted by atomic mass is 16.6. The largest absolute Gasteiger partial charge is 0.486 e. The van der Waals surface area contributed by atoms with Crippen molar-refractivity contribution in [2.75, 3.05) is 19.8 Å². The van der Waals surface area contributed by atoms with Gasteiger partial charge in [0.15, 0.2) is 23.7 Å². The quantitative estimate of drug-likeness (QED) is 0.849. The topological polar surface area (TPSA) is 56.5 Å². The molecule has 0 unspecified atom stereocenters. The average molecular weight is 274 g/mol. The number of oxazole rings is 1. The fourth-order valence-electron chi connectivity index (χ4n) is 2.25. The Balaban J connectivity index is 1.91. The smallest absolute Gasteiger partial charge is 0.181 e. The molecule has 0 bridgehead atoms. The van der Waals surface area contributed by atoms with Crippen LogP contribution in [-0.4, -0.2) is 24.7 Å². The van der Waals surface area contributed by atoms with Gasteiger partial charge in [0.1, 0.15) is 18.9 Å². The lowest BCUT2D eigenvalue weighted by Crippen LogP contribution is -2.16. The standard InChI is InChI=1S/C15H18N2O3/c1-2-6-16-9-12-14(20-10-17-12)11-4-3-5-13-15(11)19-8-7-18-13/h3-5,10,16H,2,6-9H2,1H3. The first-order chi connectivity index (χ1) is 9.90. The highest BCUT2D eigenvalue weighted by Crippen LogP contribution is 2.40. The summed E-state index contributed by atoms with van der Waals surface area (Å²) in [6.45, 7) is 4.91. The summed E-state index contributed by atoms with van der Waals surface area (Å²) in [6, 6.07) is 5.81. The summed E-state index contributed by atoms with van der Waals surface area (Å²) in [6.07, 6.45) is 2.56. The van der Waals surface area contributed by atoms with Crippen molar-refractivity contribution in [2.24, 2.45) is 0 Å². The number of hydrogen-bond acceptors (Lipinski definition) is 5. The fourth-order valence-corrected chi connectivity index (χ4v) is 2.25. The molecule has 1 aliphatic heterocycles. The molecular weight excluding hydrogens is 256 g/mol. The molecule has 2 aromatic rings. The van der Waals surface area contributed by atoms with Crippen LogP contribution in [0.4, 0.5) is 0 Å². The molecule has 0 fully saturated rings. The number of para-hydroxylation sites is 1. The van der Waals surface area contributed by atoms with Crippen molar-refractivity contribution in [2.45, 2.75) is 19.9 Å². The van der Waals surface area contributed by atoms with Crippen LogP contribution in [0.15, 0.2) is 29.0 Å². The summed E-state index contributed by atoms with van der Waals surface area (Å²) < 4.78 is 16.9. The van der Waals surface area contributed by atoms with Crippen LogP contribution >= 0.6 is 0 Å². The molecule has 0 atom stereocenters. The molecule has 0 saturated carbocycles. The summed E-state index contributed by atoms with van der Waals surface area (Å²) in [5.41, 5.74) is 1.79. The van der Waals surface area contributed by atoms with E-state index >= 15 is 0 Å². The van der Waals surface area contributed by atoms with E-state index in [1.807, 2.05) is 18.2 Å². The lowest BCUT2D eigenvalue weighted by molar-refractivity contribution is 0.172. The maximum absolute atomic E-state index is 5.73. The Bertz CT molecular complexity index is 580. The molecule has 0 spiro atoms. The predicted octanol–water partition coefficient (Wildman–Crippen LogP) is 2.61. The lowest BCUT2D eigenvalue weighted by atomic mass is 10.1. The van der Waals surface area contributed by atoms with Crippen molar-refractivity contribution in [3.8, 4) is 22.8 Å². The minimum Gasteiger partial charge on any atom is -0.486 e. The van der Waals surface area contributed by atoms with E-state index in [-0.39, 0.29) is 0 Å². The molecule has 20 heavy (non-hydrogen) atoms. The first-order valence-corrected chi connectivity index (χ1v) is 6.92. The van der Waals surface area contributed by atoms with Crippen LogP contribution < -0.4 is 14.8 Å². The molecule has 0 saturated heterocycles. The molecule has 1 aromatic heterocycles. The minimum absolute atomic E-state index is 0.557. The van der Waals surface area contributed by atoms with E-state index < -0.39 is 0 Å². The Hall–Kier alpha value is -2.01. The van der Waals surface area contributed by atoms with Gasteiger partial charge in [-0.2, -0.15) is 0 Å². The van der Waals surface area contributed by atoms with E-state index in [2.05, 4.69) is 17.2 Å². The Kier molecular flexibility index (Phi) is 3.87. The normalized spacial score (nSPS) is 13.4. The number of aromatic nitrogens is 1. The van der Waals surface area contributed by atoms with Gasteiger partial charge in [0.2, 0.25) is 0 Å². The highest BCUT2D eigenvalue weighted by Gasteiger charge is 2.21. The second-order valence-electron chi connectivity index (χ2n) is 4.63. The van der Waals surface area contributed by atoms with Crippen molar-refractivity contribution in [1.29, 1.82) is 0 Å². The highest BCUT2D eigenvalue weighted by molar-refractivity contribution is 5.71. The zero-order chi connectivity index (χ0) is 13.8. The number of fused-ring (bicyclic) bond motifs is 1. The van der Waals surface area contributed by atoms with Gasteiger partial charge in [0, 0.05) is 6.54 Å². The Morgan fingerprint density at radius 3 is 3.05 bits per heavy atom.